The number of phenols is 1. The maximum absolute atomic E-state index is 10.9. The van der Waals surface area contributed by atoms with Gasteiger partial charge in [0, 0.05) is 17.2 Å². The van der Waals surface area contributed by atoms with E-state index in [1.807, 2.05) is 24.3 Å². The molecule has 3 aromatic rings. The normalized spacial score (nSPS) is 11.5. The summed E-state index contributed by atoms with van der Waals surface area (Å²) in [6.45, 7) is 6.44. The summed E-state index contributed by atoms with van der Waals surface area (Å²) in [6.07, 6.45) is 0. The van der Waals surface area contributed by atoms with Crippen molar-refractivity contribution in [1.82, 2.24) is 15.2 Å². The number of nitro groups is 1. The summed E-state index contributed by atoms with van der Waals surface area (Å²) >= 11 is 0. The summed E-state index contributed by atoms with van der Waals surface area (Å²) in [5, 5.41) is 27.5. The van der Waals surface area contributed by atoms with E-state index < -0.39 is 4.92 Å². The first kappa shape index (κ1) is 16.6. The minimum atomic E-state index is -0.641. The molecule has 7 nitrogen and oxygen atoms in total. The van der Waals surface area contributed by atoms with E-state index in [1.54, 1.807) is 0 Å². The zero-order valence-corrected chi connectivity index (χ0v) is 14.1. The predicted octanol–water partition coefficient (Wildman–Crippen LogP) is 4.05. The van der Waals surface area contributed by atoms with Gasteiger partial charge in [-0.25, -0.2) is 4.98 Å². The third-order valence-corrected chi connectivity index (χ3v) is 3.94. The van der Waals surface area contributed by atoms with Gasteiger partial charge in [0.1, 0.15) is 0 Å². The lowest BCUT2D eigenvalue weighted by atomic mass is 9.87. The molecule has 0 amide bonds. The van der Waals surface area contributed by atoms with Gasteiger partial charge in [-0.15, -0.1) is 0 Å². The average molecular weight is 338 g/mol. The molecule has 0 bridgehead atoms. The third kappa shape index (κ3) is 3.35. The largest absolute Gasteiger partial charge is 0.502 e. The Labute approximate surface area is 144 Å². The van der Waals surface area contributed by atoms with Crippen LogP contribution in [0.3, 0.4) is 0 Å². The van der Waals surface area contributed by atoms with E-state index in [4.69, 9.17) is 0 Å². The number of nitrogens with one attached hydrogen (secondary N) is 1. The van der Waals surface area contributed by atoms with Crippen LogP contribution in [0, 0.1) is 10.1 Å². The number of hydrogen-bond acceptors (Lipinski definition) is 5. The van der Waals surface area contributed by atoms with Gasteiger partial charge >= 0.3 is 5.69 Å². The maximum Gasteiger partial charge on any atom is 0.311 e. The Kier molecular flexibility index (Phi) is 4.00. The molecule has 3 rings (SSSR count). The number of H-pyrrole nitrogens is 1. The monoisotopic (exact) mass is 338 g/mol. The average Bonchev–Trinajstić information content (AvgIpc) is 3.04. The highest BCUT2D eigenvalue weighted by Crippen LogP contribution is 2.31. The molecule has 128 valence electrons. The van der Waals surface area contributed by atoms with Crippen LogP contribution < -0.4 is 0 Å². The molecule has 0 aliphatic carbocycles. The van der Waals surface area contributed by atoms with Crippen LogP contribution in [-0.4, -0.2) is 25.2 Å². The van der Waals surface area contributed by atoms with Crippen LogP contribution in [0.4, 0.5) is 5.69 Å². The van der Waals surface area contributed by atoms with Gasteiger partial charge in [-0.1, -0.05) is 45.0 Å². The van der Waals surface area contributed by atoms with Crippen molar-refractivity contribution in [2.45, 2.75) is 26.2 Å². The number of aromatic amines is 1. The molecule has 2 N–H and O–H groups in total. The fraction of sp³-hybridized carbons (Fsp3) is 0.222. The van der Waals surface area contributed by atoms with Gasteiger partial charge in [0.15, 0.2) is 17.4 Å². The zero-order valence-electron chi connectivity index (χ0n) is 14.1. The molecule has 2 aromatic carbocycles. The Bertz CT molecular complexity index is 924. The van der Waals surface area contributed by atoms with Crippen LogP contribution in [0.5, 0.6) is 5.75 Å². The van der Waals surface area contributed by atoms with Crippen LogP contribution in [0.1, 0.15) is 26.3 Å². The van der Waals surface area contributed by atoms with Crippen LogP contribution in [-0.2, 0) is 5.41 Å². The minimum Gasteiger partial charge on any atom is -0.502 e. The van der Waals surface area contributed by atoms with Gasteiger partial charge in [-0.05, 0) is 23.1 Å². The number of nitrogens with zero attached hydrogens (tertiary/aromatic N) is 3. The van der Waals surface area contributed by atoms with Crippen LogP contribution in [0.25, 0.3) is 22.8 Å². The van der Waals surface area contributed by atoms with Crippen LogP contribution in [0.2, 0.25) is 0 Å². The van der Waals surface area contributed by atoms with Gasteiger partial charge in [0.2, 0.25) is 0 Å². The van der Waals surface area contributed by atoms with Gasteiger partial charge in [0.05, 0.1) is 4.92 Å². The van der Waals surface area contributed by atoms with E-state index in [0.29, 0.717) is 17.2 Å². The number of phenolic OH excluding ortho intramolecular Hbond substituents is 1. The molecular weight excluding hydrogens is 320 g/mol. The number of nitro benzene ring substituents is 1. The molecule has 0 saturated heterocycles. The van der Waals surface area contributed by atoms with Crippen molar-refractivity contribution in [2.75, 3.05) is 0 Å². The highest BCUT2D eigenvalue weighted by Gasteiger charge is 2.17. The molecule has 0 spiro atoms. The van der Waals surface area contributed by atoms with Crippen molar-refractivity contribution < 1.29 is 10.0 Å². The lowest BCUT2D eigenvalue weighted by Gasteiger charge is -2.18. The van der Waals surface area contributed by atoms with Crippen molar-refractivity contribution >= 4 is 5.69 Å². The summed E-state index contributed by atoms with van der Waals surface area (Å²) in [7, 11) is 0. The molecule has 0 aliphatic rings. The first-order chi connectivity index (χ1) is 11.8. The Balaban J connectivity index is 1.93. The number of rotatable bonds is 3. The molecular formula is C18H18N4O3. The molecule has 25 heavy (non-hydrogen) atoms. The fourth-order valence-electron chi connectivity index (χ4n) is 2.46. The lowest BCUT2D eigenvalue weighted by molar-refractivity contribution is -0.385. The van der Waals surface area contributed by atoms with Gasteiger partial charge in [-0.2, -0.15) is 5.10 Å². The van der Waals surface area contributed by atoms with Crippen molar-refractivity contribution in [3.63, 3.8) is 0 Å². The maximum atomic E-state index is 10.9. The molecule has 0 unspecified atom stereocenters. The Hall–Kier alpha value is -3.22. The van der Waals surface area contributed by atoms with Crippen molar-refractivity contribution in [3.8, 4) is 28.5 Å². The quantitative estimate of drug-likeness (QED) is 0.553. The molecule has 0 saturated carbocycles. The highest BCUT2D eigenvalue weighted by atomic mass is 16.6. The number of benzene rings is 2. The second-order valence-corrected chi connectivity index (χ2v) is 6.80. The first-order valence-electron chi connectivity index (χ1n) is 7.77. The predicted molar refractivity (Wildman–Crippen MR) is 94.3 cm³/mol. The summed E-state index contributed by atoms with van der Waals surface area (Å²) in [5.41, 5.74) is 2.23. The minimum absolute atomic E-state index is 0.0656. The first-order valence-corrected chi connectivity index (χ1v) is 7.77. The third-order valence-electron chi connectivity index (χ3n) is 3.94. The molecule has 0 atom stereocenters. The second kappa shape index (κ2) is 6.01. The van der Waals surface area contributed by atoms with Crippen molar-refractivity contribution in [3.05, 3.63) is 58.1 Å². The molecule has 1 heterocycles. The van der Waals surface area contributed by atoms with E-state index in [-0.39, 0.29) is 16.9 Å². The van der Waals surface area contributed by atoms with E-state index in [2.05, 4.69) is 36.0 Å². The molecule has 0 radical (unpaired) electrons. The highest BCUT2D eigenvalue weighted by molar-refractivity contribution is 5.65. The number of aromatic nitrogens is 3. The zero-order chi connectivity index (χ0) is 18.2. The molecule has 1 aromatic heterocycles. The van der Waals surface area contributed by atoms with Gasteiger partial charge in [0.25, 0.3) is 0 Å². The topological polar surface area (TPSA) is 105 Å². The van der Waals surface area contributed by atoms with E-state index in [1.165, 1.54) is 23.8 Å². The number of hydrogen-bond donors (Lipinski definition) is 2. The van der Waals surface area contributed by atoms with Crippen LogP contribution >= 0.6 is 0 Å². The molecule has 0 fully saturated rings. The summed E-state index contributed by atoms with van der Waals surface area (Å²) in [4.78, 5) is 14.7. The Morgan fingerprint density at radius 1 is 1.08 bits per heavy atom. The summed E-state index contributed by atoms with van der Waals surface area (Å²) in [5.74, 6) is 0.520. The SMILES string of the molecule is CC(C)(C)c1ccc(-c2nc(-c3ccc(O)c([N+](=O)[O-])c3)n[nH]2)cc1. The smallest absolute Gasteiger partial charge is 0.311 e. The standard InChI is InChI=1S/C18H18N4O3/c1-18(2,3)13-7-4-11(5-8-13)16-19-17(21-20-16)12-6-9-15(23)14(10-12)22(24)25/h4-10,23H,1-3H3,(H,19,20,21). The van der Waals surface area contributed by atoms with Crippen molar-refractivity contribution in [1.29, 1.82) is 0 Å². The Morgan fingerprint density at radius 2 is 1.72 bits per heavy atom. The van der Waals surface area contributed by atoms with Gasteiger partial charge < -0.3 is 5.11 Å². The summed E-state index contributed by atoms with van der Waals surface area (Å²) < 4.78 is 0. The van der Waals surface area contributed by atoms with E-state index in [0.717, 1.165) is 5.56 Å². The lowest BCUT2D eigenvalue weighted by Crippen LogP contribution is -2.10. The molecule has 7 heteroatoms. The van der Waals surface area contributed by atoms with Crippen LogP contribution in [0.15, 0.2) is 42.5 Å². The molecule has 0 aliphatic heterocycles. The van der Waals surface area contributed by atoms with Gasteiger partial charge in [-0.3, -0.25) is 15.2 Å². The fourth-order valence-corrected chi connectivity index (χ4v) is 2.46. The number of aromatic hydroxyl groups is 1. The second-order valence-electron chi connectivity index (χ2n) is 6.80. The van der Waals surface area contributed by atoms with E-state index in [9.17, 15) is 15.2 Å². The van der Waals surface area contributed by atoms with E-state index >= 15 is 0 Å². The summed E-state index contributed by atoms with van der Waals surface area (Å²) in [6, 6.07) is 12.1. The Morgan fingerprint density at radius 3 is 2.32 bits per heavy atom. The van der Waals surface area contributed by atoms with Crippen molar-refractivity contribution in [2.24, 2.45) is 0 Å².